The van der Waals surface area contributed by atoms with Gasteiger partial charge in [0, 0.05) is 40.5 Å². The zero-order chi connectivity index (χ0) is 28.4. The number of nitrogen functional groups attached to an aromatic ring is 1. The lowest BCUT2D eigenvalue weighted by atomic mass is 9.98. The lowest BCUT2D eigenvalue weighted by Crippen LogP contribution is -2.08. The van der Waals surface area contributed by atoms with E-state index in [1.165, 1.54) is 24.7 Å². The van der Waals surface area contributed by atoms with E-state index >= 15 is 4.39 Å². The van der Waals surface area contributed by atoms with Gasteiger partial charge in [-0.1, -0.05) is 12.6 Å². The molecule has 5 aromatic rings. The molecule has 0 radical (unpaired) electrons. The predicted molar refractivity (Wildman–Crippen MR) is 148 cm³/mol. The zero-order valence-electron chi connectivity index (χ0n) is 21.6. The molecule has 5 rings (SSSR count). The van der Waals surface area contributed by atoms with Crippen LogP contribution in [-0.4, -0.2) is 30.4 Å². The van der Waals surface area contributed by atoms with Crippen molar-refractivity contribution in [2.24, 2.45) is 0 Å². The molecule has 1 amide bonds. The minimum absolute atomic E-state index is 0.0250. The topological polar surface area (TPSA) is 145 Å². The lowest BCUT2D eigenvalue weighted by Gasteiger charge is -2.16. The number of nitrogens with two attached hydrogens (primary N) is 1. The predicted octanol–water partition coefficient (Wildman–Crippen LogP) is 5.20. The van der Waals surface area contributed by atoms with Crippen LogP contribution in [0.15, 0.2) is 67.6 Å². The van der Waals surface area contributed by atoms with Crippen LogP contribution < -0.4 is 15.8 Å². The fourth-order valence-corrected chi connectivity index (χ4v) is 4.47. The SMILES string of the molecule is C=CC(=O)Nc1ccc(-c2c(C)c3ncnc(N)c3n2-c2ccc(Oc3nccc(C)n3)c(F)c2)c(CC#N)c1. The highest BCUT2D eigenvalue weighted by atomic mass is 19.1. The van der Waals surface area contributed by atoms with Gasteiger partial charge in [-0.05, 0) is 55.8 Å². The Hall–Kier alpha value is -5.63. The van der Waals surface area contributed by atoms with Crippen molar-refractivity contribution < 1.29 is 13.9 Å². The van der Waals surface area contributed by atoms with Gasteiger partial charge in [-0.2, -0.15) is 5.26 Å². The van der Waals surface area contributed by atoms with E-state index < -0.39 is 5.82 Å². The fourth-order valence-electron chi connectivity index (χ4n) is 4.47. The number of nitrogens with zero attached hydrogens (tertiary/aromatic N) is 6. The molecule has 0 fully saturated rings. The summed E-state index contributed by atoms with van der Waals surface area (Å²) in [6.07, 6.45) is 4.10. The number of anilines is 2. The number of rotatable bonds is 7. The van der Waals surface area contributed by atoms with Gasteiger partial charge in [0.2, 0.25) is 5.91 Å². The summed E-state index contributed by atoms with van der Waals surface area (Å²) in [6, 6.07) is 13.6. The lowest BCUT2D eigenvalue weighted by molar-refractivity contribution is -0.111. The summed E-state index contributed by atoms with van der Waals surface area (Å²) in [6.45, 7) is 7.12. The van der Waals surface area contributed by atoms with Crippen molar-refractivity contribution in [1.29, 1.82) is 5.26 Å². The Labute approximate surface area is 228 Å². The molecule has 2 aromatic carbocycles. The Morgan fingerprint density at radius 2 is 2.02 bits per heavy atom. The van der Waals surface area contributed by atoms with Crippen molar-refractivity contribution in [3.05, 3.63) is 90.3 Å². The van der Waals surface area contributed by atoms with E-state index in [1.807, 2.05) is 6.92 Å². The van der Waals surface area contributed by atoms with Gasteiger partial charge < -0.3 is 20.4 Å². The van der Waals surface area contributed by atoms with Crippen molar-refractivity contribution in [2.75, 3.05) is 11.1 Å². The molecule has 0 atom stereocenters. The number of aryl methyl sites for hydroxylation is 2. The molecule has 40 heavy (non-hydrogen) atoms. The molecule has 3 heterocycles. The Morgan fingerprint density at radius 3 is 2.75 bits per heavy atom. The highest BCUT2D eigenvalue weighted by Crippen LogP contribution is 2.39. The third-order valence-electron chi connectivity index (χ3n) is 6.24. The Balaban J connectivity index is 1.70. The van der Waals surface area contributed by atoms with Crippen LogP contribution in [0.5, 0.6) is 11.8 Å². The van der Waals surface area contributed by atoms with Crippen molar-refractivity contribution >= 4 is 28.4 Å². The molecule has 0 spiro atoms. The average molecular weight is 535 g/mol. The smallest absolute Gasteiger partial charge is 0.322 e. The normalized spacial score (nSPS) is 10.8. The Bertz CT molecular complexity index is 1840. The molecular weight excluding hydrogens is 511 g/mol. The minimum atomic E-state index is -0.650. The molecule has 3 N–H and O–H groups in total. The second-order valence-corrected chi connectivity index (χ2v) is 8.86. The largest absolute Gasteiger partial charge is 0.421 e. The van der Waals surface area contributed by atoms with Crippen molar-refractivity contribution in [3.63, 3.8) is 0 Å². The number of fused-ring (bicyclic) bond motifs is 1. The zero-order valence-corrected chi connectivity index (χ0v) is 21.6. The van der Waals surface area contributed by atoms with Crippen LogP contribution in [0, 0.1) is 31.0 Å². The van der Waals surface area contributed by atoms with Crippen molar-refractivity contribution in [3.8, 4) is 34.8 Å². The van der Waals surface area contributed by atoms with E-state index in [2.05, 4.69) is 37.9 Å². The van der Waals surface area contributed by atoms with Crippen LogP contribution in [-0.2, 0) is 11.2 Å². The highest BCUT2D eigenvalue weighted by Gasteiger charge is 2.23. The maximum absolute atomic E-state index is 15.4. The van der Waals surface area contributed by atoms with Crippen LogP contribution >= 0.6 is 0 Å². The van der Waals surface area contributed by atoms with Crippen LogP contribution in [0.3, 0.4) is 0 Å². The molecule has 0 aliphatic carbocycles. The summed E-state index contributed by atoms with van der Waals surface area (Å²) in [7, 11) is 0. The van der Waals surface area contributed by atoms with Crippen LogP contribution in [0.1, 0.15) is 16.8 Å². The number of nitrogens with one attached hydrogen (secondary N) is 1. The maximum atomic E-state index is 15.4. The van der Waals surface area contributed by atoms with Gasteiger partial charge >= 0.3 is 6.01 Å². The van der Waals surface area contributed by atoms with E-state index in [-0.39, 0.29) is 29.9 Å². The quantitative estimate of drug-likeness (QED) is 0.271. The molecule has 0 bridgehead atoms. The number of benzene rings is 2. The molecule has 0 aliphatic rings. The number of carbonyl (C=O) groups excluding carboxylic acids is 1. The van der Waals surface area contributed by atoms with Gasteiger partial charge in [0.1, 0.15) is 11.8 Å². The molecule has 0 saturated carbocycles. The van der Waals surface area contributed by atoms with Gasteiger partial charge in [0.15, 0.2) is 17.4 Å². The fraction of sp³-hybridized carbons (Fsp3) is 0.103. The summed E-state index contributed by atoms with van der Waals surface area (Å²) in [5, 5.41) is 12.3. The Morgan fingerprint density at radius 1 is 1.20 bits per heavy atom. The third kappa shape index (κ3) is 4.81. The monoisotopic (exact) mass is 534 g/mol. The second kappa shape index (κ2) is 10.6. The summed E-state index contributed by atoms with van der Waals surface area (Å²) in [5.41, 5.74) is 11.7. The number of nitriles is 1. The number of amides is 1. The van der Waals surface area contributed by atoms with Gasteiger partial charge in [-0.25, -0.2) is 24.3 Å². The van der Waals surface area contributed by atoms with Gasteiger partial charge in [-0.3, -0.25) is 4.79 Å². The molecule has 198 valence electrons. The third-order valence-corrected chi connectivity index (χ3v) is 6.24. The van der Waals surface area contributed by atoms with E-state index in [4.69, 9.17) is 10.5 Å². The van der Waals surface area contributed by atoms with Crippen LogP contribution in [0.2, 0.25) is 0 Å². The van der Waals surface area contributed by atoms with Gasteiger partial charge in [0.05, 0.1) is 23.7 Å². The summed E-state index contributed by atoms with van der Waals surface area (Å²) < 4.78 is 22.8. The first-order valence-electron chi connectivity index (χ1n) is 12.1. The van der Waals surface area contributed by atoms with Crippen molar-refractivity contribution in [2.45, 2.75) is 20.3 Å². The number of hydrogen-bond acceptors (Lipinski definition) is 8. The first kappa shape index (κ1) is 26.0. The first-order chi connectivity index (χ1) is 19.3. The van der Waals surface area contributed by atoms with E-state index in [1.54, 1.807) is 41.8 Å². The maximum Gasteiger partial charge on any atom is 0.322 e. The molecular formula is C29H23FN8O2. The standard InChI is InChI=1S/C29H23FN8O2/c1-4-24(39)37-19-5-7-21(18(13-19)9-11-31)26-17(3)25-27(28(32)35-15-34-25)38(26)20-6-8-23(22(30)14-20)40-29-33-12-10-16(2)36-29/h4-8,10,12-15H,1,9H2,2-3H3,(H,37,39)(H2,32,34,35). The van der Waals surface area contributed by atoms with Crippen LogP contribution in [0.4, 0.5) is 15.9 Å². The molecule has 10 nitrogen and oxygen atoms in total. The number of halogens is 1. The first-order valence-corrected chi connectivity index (χ1v) is 12.1. The summed E-state index contributed by atoms with van der Waals surface area (Å²) in [5.74, 6) is -0.883. The highest BCUT2D eigenvalue weighted by molar-refractivity contribution is 6.00. The van der Waals surface area contributed by atoms with Gasteiger partial charge in [0.25, 0.3) is 0 Å². The molecule has 3 aromatic heterocycles. The van der Waals surface area contributed by atoms with E-state index in [9.17, 15) is 10.1 Å². The molecule has 0 aliphatic heterocycles. The molecule has 0 unspecified atom stereocenters. The van der Waals surface area contributed by atoms with E-state index in [0.717, 1.165) is 11.6 Å². The molecule has 11 heteroatoms. The number of hydrogen-bond donors (Lipinski definition) is 2. The van der Waals surface area contributed by atoms with Crippen molar-refractivity contribution in [1.82, 2.24) is 24.5 Å². The number of carbonyl (C=O) groups is 1. The summed E-state index contributed by atoms with van der Waals surface area (Å²) in [4.78, 5) is 28.7. The average Bonchev–Trinajstić information content (AvgIpc) is 3.23. The summed E-state index contributed by atoms with van der Waals surface area (Å²) >= 11 is 0. The number of ether oxygens (including phenoxy) is 1. The van der Waals surface area contributed by atoms with E-state index in [0.29, 0.717) is 44.9 Å². The Kier molecular flexibility index (Phi) is 6.90. The second-order valence-electron chi connectivity index (χ2n) is 8.86. The van der Waals surface area contributed by atoms with Gasteiger partial charge in [-0.15, -0.1) is 0 Å². The molecule has 0 saturated heterocycles. The minimum Gasteiger partial charge on any atom is -0.421 e. The van der Waals surface area contributed by atoms with Crippen LogP contribution in [0.25, 0.3) is 28.0 Å². The number of aromatic nitrogens is 5.